The second-order valence-electron chi connectivity index (χ2n) is 6.33. The van der Waals surface area contributed by atoms with Gasteiger partial charge in [-0.3, -0.25) is 9.59 Å². The number of carboxylic acid groups (broad SMARTS) is 1. The second-order valence-corrected chi connectivity index (χ2v) is 8.44. The van der Waals surface area contributed by atoms with E-state index in [1.165, 1.54) is 29.2 Å². The number of carbonyl (C=O) groups excluding carboxylic acids is 1. The first-order valence-corrected chi connectivity index (χ1v) is 9.76. The number of rotatable bonds is 6. The highest BCUT2D eigenvalue weighted by Crippen LogP contribution is 2.25. The Kier molecular flexibility index (Phi) is 5.64. The summed E-state index contributed by atoms with van der Waals surface area (Å²) in [5.41, 5.74) is 0.377. The summed E-state index contributed by atoms with van der Waals surface area (Å²) in [6.45, 7) is 4.33. The van der Waals surface area contributed by atoms with Gasteiger partial charge >= 0.3 is 5.97 Å². The van der Waals surface area contributed by atoms with Crippen molar-refractivity contribution in [1.82, 2.24) is 4.90 Å². The van der Waals surface area contributed by atoms with E-state index >= 15 is 0 Å². The standard InChI is InChI=1S/C17H23NO5S/c1-3-4-9-24(22,23)14-7-5-13(6-8-14)16(19)18-10-12(2)15(11-18)17(20)21/h5-8,12,15H,3-4,9-11H2,1-2H3,(H,20,21)/t12-,15-/m1/s1. The monoisotopic (exact) mass is 353 g/mol. The largest absolute Gasteiger partial charge is 0.481 e. The molecule has 1 aliphatic rings. The molecule has 6 nitrogen and oxygen atoms in total. The number of carboxylic acids is 1. The maximum Gasteiger partial charge on any atom is 0.308 e. The maximum absolute atomic E-state index is 12.5. The first kappa shape index (κ1) is 18.4. The average Bonchev–Trinajstić information content (AvgIpc) is 2.94. The van der Waals surface area contributed by atoms with Crippen LogP contribution in [0.2, 0.25) is 0 Å². The molecule has 0 spiro atoms. The number of hydrogen-bond acceptors (Lipinski definition) is 4. The Morgan fingerprint density at radius 1 is 1.21 bits per heavy atom. The molecule has 0 aromatic heterocycles. The number of carbonyl (C=O) groups is 2. The lowest BCUT2D eigenvalue weighted by molar-refractivity contribution is -0.142. The topological polar surface area (TPSA) is 91.8 Å². The van der Waals surface area contributed by atoms with Crippen LogP contribution >= 0.6 is 0 Å². The van der Waals surface area contributed by atoms with Crippen LogP contribution in [0.25, 0.3) is 0 Å². The van der Waals surface area contributed by atoms with E-state index in [1.54, 1.807) is 0 Å². The molecule has 2 atom stereocenters. The lowest BCUT2D eigenvalue weighted by Gasteiger charge is -2.16. The van der Waals surface area contributed by atoms with Gasteiger partial charge in [0.05, 0.1) is 16.6 Å². The first-order chi connectivity index (χ1) is 11.3. The lowest BCUT2D eigenvalue weighted by Crippen LogP contribution is -2.29. The number of sulfone groups is 1. The molecular formula is C17H23NO5S. The summed E-state index contributed by atoms with van der Waals surface area (Å²) >= 11 is 0. The highest BCUT2D eigenvalue weighted by Gasteiger charge is 2.37. The molecule has 1 saturated heterocycles. The fourth-order valence-electron chi connectivity index (χ4n) is 2.89. The summed E-state index contributed by atoms with van der Waals surface area (Å²) in [6, 6.07) is 5.90. The summed E-state index contributed by atoms with van der Waals surface area (Å²) in [5, 5.41) is 9.15. The number of likely N-dealkylation sites (tertiary alicyclic amines) is 1. The molecule has 1 N–H and O–H groups in total. The van der Waals surface area contributed by atoms with E-state index in [2.05, 4.69) is 0 Å². The zero-order chi connectivity index (χ0) is 17.9. The van der Waals surface area contributed by atoms with Gasteiger partial charge < -0.3 is 10.0 Å². The number of unbranched alkanes of at least 4 members (excludes halogenated alkanes) is 1. The van der Waals surface area contributed by atoms with E-state index in [4.69, 9.17) is 5.11 Å². The quantitative estimate of drug-likeness (QED) is 0.845. The van der Waals surface area contributed by atoms with Gasteiger partial charge in [0.25, 0.3) is 5.91 Å². The Labute approximate surface area is 142 Å². The zero-order valence-electron chi connectivity index (χ0n) is 13.9. The minimum atomic E-state index is -3.32. The summed E-state index contributed by atoms with van der Waals surface area (Å²) in [6.07, 6.45) is 1.40. The molecule has 0 radical (unpaired) electrons. The minimum Gasteiger partial charge on any atom is -0.481 e. The Balaban J connectivity index is 2.11. The van der Waals surface area contributed by atoms with Crippen LogP contribution in [0.5, 0.6) is 0 Å². The van der Waals surface area contributed by atoms with Gasteiger partial charge in [-0.25, -0.2) is 8.42 Å². The predicted molar refractivity (Wildman–Crippen MR) is 89.6 cm³/mol. The van der Waals surface area contributed by atoms with Gasteiger partial charge in [-0.1, -0.05) is 20.3 Å². The van der Waals surface area contributed by atoms with Crippen molar-refractivity contribution in [2.75, 3.05) is 18.8 Å². The van der Waals surface area contributed by atoms with E-state index in [0.29, 0.717) is 18.5 Å². The Morgan fingerprint density at radius 2 is 1.83 bits per heavy atom. The van der Waals surface area contributed by atoms with Crippen LogP contribution in [-0.2, 0) is 14.6 Å². The first-order valence-electron chi connectivity index (χ1n) is 8.11. The number of amides is 1. The minimum absolute atomic E-state index is 0.0971. The van der Waals surface area contributed by atoms with Gasteiger partial charge in [0, 0.05) is 18.7 Å². The van der Waals surface area contributed by atoms with Crippen LogP contribution in [0, 0.1) is 11.8 Å². The fraction of sp³-hybridized carbons (Fsp3) is 0.529. The Bertz CT molecular complexity index is 711. The smallest absolute Gasteiger partial charge is 0.308 e. The van der Waals surface area contributed by atoms with Crippen LogP contribution in [0.1, 0.15) is 37.0 Å². The average molecular weight is 353 g/mol. The molecule has 2 rings (SSSR count). The van der Waals surface area contributed by atoms with Gasteiger partial charge in [-0.15, -0.1) is 0 Å². The molecule has 1 aromatic rings. The van der Waals surface area contributed by atoms with Crippen molar-refractivity contribution in [2.24, 2.45) is 11.8 Å². The zero-order valence-corrected chi connectivity index (χ0v) is 14.8. The van der Waals surface area contributed by atoms with Crippen LogP contribution in [-0.4, -0.2) is 49.1 Å². The molecular weight excluding hydrogens is 330 g/mol. The molecule has 1 heterocycles. The lowest BCUT2D eigenvalue weighted by atomic mass is 9.99. The molecule has 0 bridgehead atoms. The molecule has 7 heteroatoms. The van der Waals surface area contributed by atoms with Crippen molar-refractivity contribution >= 4 is 21.7 Å². The van der Waals surface area contributed by atoms with Crippen molar-refractivity contribution in [1.29, 1.82) is 0 Å². The summed E-state index contributed by atoms with van der Waals surface area (Å²) in [7, 11) is -3.32. The van der Waals surface area contributed by atoms with Crippen molar-refractivity contribution in [3.8, 4) is 0 Å². The van der Waals surface area contributed by atoms with Crippen molar-refractivity contribution in [3.05, 3.63) is 29.8 Å². The van der Waals surface area contributed by atoms with Crippen LogP contribution < -0.4 is 0 Å². The SMILES string of the molecule is CCCCS(=O)(=O)c1ccc(C(=O)N2C[C@@H](C)[C@H](C(=O)O)C2)cc1. The summed E-state index contributed by atoms with van der Waals surface area (Å²) in [5.74, 6) is -1.71. The van der Waals surface area contributed by atoms with Gasteiger partial charge in [-0.05, 0) is 36.6 Å². The van der Waals surface area contributed by atoms with Gasteiger partial charge in [0.2, 0.25) is 0 Å². The summed E-state index contributed by atoms with van der Waals surface area (Å²) in [4.78, 5) is 25.4. The molecule has 0 unspecified atom stereocenters. The third-order valence-electron chi connectivity index (χ3n) is 4.44. The van der Waals surface area contributed by atoms with E-state index in [1.807, 2.05) is 13.8 Å². The third-order valence-corrected chi connectivity index (χ3v) is 6.26. The Hall–Kier alpha value is -1.89. The molecule has 24 heavy (non-hydrogen) atoms. The highest BCUT2D eigenvalue weighted by atomic mass is 32.2. The fourth-order valence-corrected chi connectivity index (χ4v) is 4.35. The van der Waals surface area contributed by atoms with Gasteiger partial charge in [0.15, 0.2) is 9.84 Å². The van der Waals surface area contributed by atoms with E-state index in [-0.39, 0.29) is 29.0 Å². The van der Waals surface area contributed by atoms with Crippen molar-refractivity contribution in [3.63, 3.8) is 0 Å². The Morgan fingerprint density at radius 3 is 2.33 bits per heavy atom. The van der Waals surface area contributed by atoms with Crippen molar-refractivity contribution < 1.29 is 23.1 Å². The van der Waals surface area contributed by atoms with Crippen molar-refractivity contribution in [2.45, 2.75) is 31.6 Å². The maximum atomic E-state index is 12.5. The highest BCUT2D eigenvalue weighted by molar-refractivity contribution is 7.91. The molecule has 0 aliphatic carbocycles. The van der Waals surface area contributed by atoms with Crippen LogP contribution in [0.4, 0.5) is 0 Å². The van der Waals surface area contributed by atoms with Crippen LogP contribution in [0.15, 0.2) is 29.2 Å². The second kappa shape index (κ2) is 7.34. The molecule has 1 aliphatic heterocycles. The number of hydrogen-bond donors (Lipinski definition) is 1. The molecule has 132 valence electrons. The summed E-state index contributed by atoms with van der Waals surface area (Å²) < 4.78 is 24.3. The molecule has 1 aromatic carbocycles. The molecule has 1 fully saturated rings. The van der Waals surface area contributed by atoms with E-state index in [0.717, 1.165) is 6.42 Å². The van der Waals surface area contributed by atoms with Crippen LogP contribution in [0.3, 0.4) is 0 Å². The molecule has 0 saturated carbocycles. The number of benzene rings is 1. The number of nitrogens with zero attached hydrogens (tertiary/aromatic N) is 1. The van der Waals surface area contributed by atoms with E-state index in [9.17, 15) is 18.0 Å². The normalized spacial score (nSPS) is 21.0. The van der Waals surface area contributed by atoms with E-state index < -0.39 is 21.7 Å². The predicted octanol–water partition coefficient (Wildman–Crippen LogP) is 2.05. The third kappa shape index (κ3) is 3.95. The van der Waals surface area contributed by atoms with Gasteiger partial charge in [0.1, 0.15) is 0 Å². The van der Waals surface area contributed by atoms with Gasteiger partial charge in [-0.2, -0.15) is 0 Å². The number of aliphatic carboxylic acids is 1. The molecule has 1 amide bonds.